The summed E-state index contributed by atoms with van der Waals surface area (Å²) in [5, 5.41) is 3.92. The number of hydrogen-bond acceptors (Lipinski definition) is 1. The highest BCUT2D eigenvalue weighted by Crippen LogP contribution is 2.55. The van der Waals surface area contributed by atoms with Crippen LogP contribution < -0.4 is 4.90 Å². The van der Waals surface area contributed by atoms with Gasteiger partial charge in [-0.25, -0.2) is 0 Å². The van der Waals surface area contributed by atoms with Crippen molar-refractivity contribution in [2.75, 3.05) is 4.90 Å². The first-order valence-electron chi connectivity index (χ1n) is 22.2. The number of para-hydroxylation sites is 1. The van der Waals surface area contributed by atoms with E-state index in [9.17, 15) is 26.3 Å². The summed E-state index contributed by atoms with van der Waals surface area (Å²) in [6, 6.07) is 56.7. The molecule has 1 aliphatic rings. The molecule has 0 saturated carbocycles. The van der Waals surface area contributed by atoms with Crippen LogP contribution in [0.3, 0.4) is 0 Å². The summed E-state index contributed by atoms with van der Waals surface area (Å²) in [5.41, 5.74) is 9.60. The van der Waals surface area contributed by atoms with Crippen LogP contribution in [0.1, 0.15) is 79.0 Å². The molecule has 0 aromatic heterocycles. The molecular formula is C59H51F6N. The molecule has 1 aliphatic carbocycles. The molecule has 10 rings (SSSR count). The highest BCUT2D eigenvalue weighted by Gasteiger charge is 2.39. The monoisotopic (exact) mass is 887 g/mol. The van der Waals surface area contributed by atoms with Crippen LogP contribution in [-0.2, 0) is 17.8 Å². The van der Waals surface area contributed by atoms with E-state index < -0.39 is 23.5 Å². The maximum absolute atomic E-state index is 14.1. The molecule has 9 aromatic carbocycles. The van der Waals surface area contributed by atoms with Crippen molar-refractivity contribution < 1.29 is 26.3 Å². The van der Waals surface area contributed by atoms with Crippen LogP contribution in [0.25, 0.3) is 43.4 Å². The lowest BCUT2D eigenvalue weighted by atomic mass is 9.81. The minimum absolute atomic E-state index is 0.187. The van der Waals surface area contributed by atoms with Crippen molar-refractivity contribution in [3.8, 4) is 11.1 Å². The van der Waals surface area contributed by atoms with E-state index in [-0.39, 0.29) is 16.7 Å². The predicted molar refractivity (Wildman–Crippen MR) is 262 cm³/mol. The van der Waals surface area contributed by atoms with Gasteiger partial charge in [-0.1, -0.05) is 184 Å². The summed E-state index contributed by atoms with van der Waals surface area (Å²) in [5.74, 6) is 0.261. The molecule has 0 heterocycles. The zero-order valence-corrected chi connectivity index (χ0v) is 37.8. The van der Waals surface area contributed by atoms with Crippen LogP contribution in [0.2, 0.25) is 0 Å². The van der Waals surface area contributed by atoms with E-state index in [1.54, 1.807) is 60.7 Å². The van der Waals surface area contributed by atoms with Gasteiger partial charge < -0.3 is 4.90 Å². The van der Waals surface area contributed by atoms with Crippen molar-refractivity contribution in [1.29, 1.82) is 0 Å². The Balaban J connectivity index is 0.000000194. The third-order valence-electron chi connectivity index (χ3n) is 12.9. The molecule has 0 fully saturated rings. The number of alkyl halides is 6. The summed E-state index contributed by atoms with van der Waals surface area (Å²) in [7, 11) is 0. The molecule has 0 radical (unpaired) electrons. The van der Waals surface area contributed by atoms with Crippen LogP contribution in [0.5, 0.6) is 0 Å². The molecule has 0 spiro atoms. The third-order valence-corrected chi connectivity index (χ3v) is 12.9. The van der Waals surface area contributed by atoms with Gasteiger partial charge in [0.15, 0.2) is 0 Å². The van der Waals surface area contributed by atoms with Gasteiger partial charge in [-0.15, -0.1) is 0 Å². The number of anilines is 3. The van der Waals surface area contributed by atoms with E-state index >= 15 is 0 Å². The second-order valence-electron chi connectivity index (χ2n) is 17.6. The van der Waals surface area contributed by atoms with E-state index in [0.29, 0.717) is 21.8 Å². The smallest absolute Gasteiger partial charge is 0.309 e. The summed E-state index contributed by atoms with van der Waals surface area (Å²) < 4.78 is 81.1. The van der Waals surface area contributed by atoms with Crippen molar-refractivity contribution in [3.63, 3.8) is 0 Å². The minimum atomic E-state index is -4.45. The lowest BCUT2D eigenvalue weighted by molar-refractivity contribution is -0.137. The highest BCUT2D eigenvalue weighted by molar-refractivity contribution is 6.12. The maximum Gasteiger partial charge on any atom is 0.417 e. The Morgan fingerprint density at radius 1 is 0.470 bits per heavy atom. The third kappa shape index (κ3) is 8.79. The first kappa shape index (κ1) is 45.7. The van der Waals surface area contributed by atoms with Gasteiger partial charge in [0.05, 0.1) is 22.5 Å². The molecule has 1 nitrogen and oxygen atoms in total. The van der Waals surface area contributed by atoms with Crippen molar-refractivity contribution in [2.45, 2.75) is 71.6 Å². The lowest BCUT2D eigenvalue weighted by Gasteiger charge is -2.31. The molecule has 66 heavy (non-hydrogen) atoms. The fourth-order valence-corrected chi connectivity index (χ4v) is 9.33. The van der Waals surface area contributed by atoms with E-state index in [0.717, 1.165) is 34.1 Å². The molecule has 9 aromatic rings. The Kier molecular flexibility index (Phi) is 12.6. The van der Waals surface area contributed by atoms with Gasteiger partial charge >= 0.3 is 12.4 Å². The van der Waals surface area contributed by atoms with E-state index in [2.05, 4.69) is 87.2 Å². The predicted octanol–water partition coefficient (Wildman–Crippen LogP) is 18.5. The molecule has 0 bridgehead atoms. The first-order valence-corrected chi connectivity index (χ1v) is 22.2. The molecular weight excluding hydrogens is 837 g/mol. The molecule has 0 N–H and O–H groups in total. The Morgan fingerprint density at radius 2 is 0.955 bits per heavy atom. The highest BCUT2D eigenvalue weighted by atomic mass is 19.4. The van der Waals surface area contributed by atoms with Gasteiger partial charge in [-0.2, -0.15) is 26.3 Å². The van der Waals surface area contributed by atoms with Gasteiger partial charge in [0.25, 0.3) is 0 Å². The number of hydrogen-bond donors (Lipinski definition) is 0. The van der Waals surface area contributed by atoms with Crippen LogP contribution in [-0.4, -0.2) is 0 Å². The molecule has 1 atom stereocenters. The number of nitrogens with zero attached hydrogens (tertiary/aromatic N) is 1. The largest absolute Gasteiger partial charge is 0.417 e. The fraction of sp³-hybridized carbons (Fsp3) is 0.186. The van der Waals surface area contributed by atoms with Crippen LogP contribution in [0, 0.1) is 13.8 Å². The standard InChI is InChI=1S/C37H28F3N.C15H15F3.C7H8/c1-23-17-18-29-31(21-23)36(2,3)32-22-34(27-15-9-10-16-28(27)35(29)32)41(24-11-5-4-6-12-24)33-20-19-30(37(38,39)40)25-13-7-8-14-26(25)33;1-3-10(2)11-8-9-14(15(16,17)18)13-7-5-4-6-12(11)13;1-7-5-3-2-4-6-7/h4-22H,1-3H3;4-10H,3H2,1-2H3;2-6H,1H3. The van der Waals surface area contributed by atoms with Crippen molar-refractivity contribution in [1.82, 2.24) is 0 Å². The van der Waals surface area contributed by atoms with E-state index in [1.807, 2.05) is 68.4 Å². The summed E-state index contributed by atoms with van der Waals surface area (Å²) in [6.07, 6.45) is -7.84. The quantitative estimate of drug-likeness (QED) is 0.156. The average molecular weight is 888 g/mol. The topological polar surface area (TPSA) is 3.24 Å². The summed E-state index contributed by atoms with van der Waals surface area (Å²) in [4.78, 5) is 2.12. The Hall–Kier alpha value is -6.86. The molecule has 0 saturated heterocycles. The SMILES string of the molecule is CCC(C)c1ccc(C(F)(F)F)c2ccccc12.Cc1ccc2c(c1)C(C)(C)c1cc(N(c3ccccc3)c3ccc(C(F)(F)F)c4ccccc34)c3ccccc3c1-2.Cc1ccccc1. The number of halogens is 6. The first-order chi connectivity index (χ1) is 31.5. The average Bonchev–Trinajstić information content (AvgIpc) is 3.53. The molecule has 0 amide bonds. The van der Waals surface area contributed by atoms with Crippen molar-refractivity contribution >= 4 is 49.4 Å². The molecule has 7 heteroatoms. The van der Waals surface area contributed by atoms with Crippen LogP contribution >= 0.6 is 0 Å². The van der Waals surface area contributed by atoms with Crippen LogP contribution in [0.4, 0.5) is 43.4 Å². The van der Waals surface area contributed by atoms with E-state index in [1.165, 1.54) is 45.5 Å². The zero-order valence-electron chi connectivity index (χ0n) is 37.8. The van der Waals surface area contributed by atoms with Crippen molar-refractivity contribution in [3.05, 3.63) is 221 Å². The van der Waals surface area contributed by atoms with Gasteiger partial charge in [-0.05, 0) is 112 Å². The second-order valence-corrected chi connectivity index (χ2v) is 17.6. The number of fused-ring (bicyclic) bond motifs is 7. The van der Waals surface area contributed by atoms with Crippen molar-refractivity contribution in [2.24, 2.45) is 0 Å². The Labute approximate surface area is 383 Å². The minimum Gasteiger partial charge on any atom is -0.309 e. The molecule has 334 valence electrons. The lowest BCUT2D eigenvalue weighted by Crippen LogP contribution is -2.17. The normalized spacial score (nSPS) is 13.3. The van der Waals surface area contributed by atoms with Gasteiger partial charge in [-0.3, -0.25) is 0 Å². The van der Waals surface area contributed by atoms with Gasteiger partial charge in [0.2, 0.25) is 0 Å². The van der Waals surface area contributed by atoms with E-state index in [4.69, 9.17) is 0 Å². The molecule has 1 unspecified atom stereocenters. The molecule has 0 aliphatic heterocycles. The zero-order chi connectivity index (χ0) is 47.0. The van der Waals surface area contributed by atoms with Gasteiger partial charge in [0.1, 0.15) is 0 Å². The summed E-state index contributed by atoms with van der Waals surface area (Å²) in [6.45, 7) is 12.8. The fourth-order valence-electron chi connectivity index (χ4n) is 9.33. The Morgan fingerprint density at radius 3 is 1.50 bits per heavy atom. The number of rotatable bonds is 5. The Bertz CT molecular complexity index is 3170. The number of benzene rings is 9. The summed E-state index contributed by atoms with van der Waals surface area (Å²) >= 11 is 0. The van der Waals surface area contributed by atoms with Gasteiger partial charge in [0, 0.05) is 21.9 Å². The second kappa shape index (κ2) is 18.2. The maximum atomic E-state index is 14.1. The van der Waals surface area contributed by atoms with Crippen LogP contribution in [0.15, 0.2) is 182 Å². The number of aryl methyl sites for hydroxylation is 2.